The Labute approximate surface area is 73.1 Å². The quantitative estimate of drug-likeness (QED) is 0.522. The van der Waals surface area contributed by atoms with E-state index < -0.39 is 0 Å². The summed E-state index contributed by atoms with van der Waals surface area (Å²) in [4.78, 5) is 4.00. The summed E-state index contributed by atoms with van der Waals surface area (Å²) in [5.74, 6) is 0. The second-order valence-electron chi connectivity index (χ2n) is 2.92. The fourth-order valence-electron chi connectivity index (χ4n) is 1.12. The molecule has 0 fully saturated rings. The third-order valence-corrected chi connectivity index (χ3v) is 1.87. The highest BCUT2D eigenvalue weighted by Crippen LogP contribution is 2.11. The van der Waals surface area contributed by atoms with Gasteiger partial charge in [-0.1, -0.05) is 23.8 Å². The van der Waals surface area contributed by atoms with Crippen molar-refractivity contribution in [1.82, 2.24) is 0 Å². The molecule has 0 aliphatic rings. The van der Waals surface area contributed by atoms with E-state index in [2.05, 4.69) is 37.0 Å². The Bertz CT molecular complexity index is 290. The fourth-order valence-corrected chi connectivity index (χ4v) is 1.12. The number of nitrogens with two attached hydrogens (primary N) is 1. The van der Waals surface area contributed by atoms with Gasteiger partial charge in [0.2, 0.25) is 0 Å². The van der Waals surface area contributed by atoms with Gasteiger partial charge < -0.3 is 5.73 Å². The summed E-state index contributed by atoms with van der Waals surface area (Å²) < 4.78 is 0. The molecule has 0 spiro atoms. The van der Waals surface area contributed by atoms with E-state index in [1.165, 1.54) is 23.0 Å². The van der Waals surface area contributed by atoms with Crippen molar-refractivity contribution in [2.75, 3.05) is 0 Å². The Morgan fingerprint density at radius 1 is 1.42 bits per heavy atom. The molecular weight excluding hydrogens is 148 g/mol. The molecule has 0 radical (unpaired) electrons. The van der Waals surface area contributed by atoms with Gasteiger partial charge in [-0.15, -0.1) is 0 Å². The molecule has 1 aromatic carbocycles. The lowest BCUT2D eigenvalue weighted by atomic mass is 10.1. The van der Waals surface area contributed by atoms with Gasteiger partial charge in [-0.3, -0.25) is 4.99 Å². The summed E-state index contributed by atoms with van der Waals surface area (Å²) in [6.45, 7) is 4.85. The number of aryl methyl sites for hydroxylation is 2. The first-order valence-corrected chi connectivity index (χ1v) is 4.00. The topological polar surface area (TPSA) is 38.4 Å². The van der Waals surface area contributed by atoms with Crippen LogP contribution in [0.5, 0.6) is 0 Å². The minimum absolute atomic E-state index is 0.685. The van der Waals surface area contributed by atoms with Gasteiger partial charge in [0.1, 0.15) is 0 Å². The van der Waals surface area contributed by atoms with Gasteiger partial charge in [0.25, 0.3) is 0 Å². The summed E-state index contributed by atoms with van der Waals surface area (Å²) in [5, 5.41) is 0. The van der Waals surface area contributed by atoms with Crippen LogP contribution in [0, 0.1) is 13.8 Å². The van der Waals surface area contributed by atoms with E-state index >= 15 is 0 Å². The van der Waals surface area contributed by atoms with Crippen molar-refractivity contribution >= 4 is 6.34 Å². The molecule has 0 atom stereocenters. The highest BCUT2D eigenvalue weighted by molar-refractivity contribution is 5.51. The van der Waals surface area contributed by atoms with Gasteiger partial charge >= 0.3 is 0 Å². The van der Waals surface area contributed by atoms with Crippen molar-refractivity contribution in [2.45, 2.75) is 20.4 Å². The van der Waals surface area contributed by atoms with E-state index in [1.807, 2.05) is 0 Å². The third-order valence-electron chi connectivity index (χ3n) is 1.87. The average Bonchev–Trinajstić information content (AvgIpc) is 2.07. The molecule has 0 amide bonds. The standard InChI is InChI=1S/C10H14N2/c1-8-3-4-9(2)10(5-8)6-12-7-11/h3-5,7H,6H2,1-2H3,(H2,11,12). The zero-order chi connectivity index (χ0) is 8.97. The largest absolute Gasteiger partial charge is 0.390 e. The average molecular weight is 162 g/mol. The van der Waals surface area contributed by atoms with Crippen LogP contribution in [0.1, 0.15) is 16.7 Å². The van der Waals surface area contributed by atoms with Gasteiger partial charge in [-0.25, -0.2) is 0 Å². The second kappa shape index (κ2) is 3.90. The van der Waals surface area contributed by atoms with Gasteiger partial charge in [0.05, 0.1) is 12.9 Å². The minimum atomic E-state index is 0.685. The maximum Gasteiger partial charge on any atom is 0.0801 e. The van der Waals surface area contributed by atoms with Gasteiger partial charge in [-0.2, -0.15) is 0 Å². The van der Waals surface area contributed by atoms with E-state index in [9.17, 15) is 0 Å². The smallest absolute Gasteiger partial charge is 0.0801 e. The highest BCUT2D eigenvalue weighted by Gasteiger charge is 1.95. The molecule has 0 bridgehead atoms. The molecule has 0 unspecified atom stereocenters. The first kappa shape index (κ1) is 8.78. The maximum absolute atomic E-state index is 5.17. The first-order valence-electron chi connectivity index (χ1n) is 4.00. The monoisotopic (exact) mass is 162 g/mol. The molecule has 0 saturated heterocycles. The molecule has 2 nitrogen and oxygen atoms in total. The van der Waals surface area contributed by atoms with Gasteiger partial charge in [0.15, 0.2) is 0 Å². The molecule has 0 saturated carbocycles. The summed E-state index contributed by atoms with van der Waals surface area (Å²) in [7, 11) is 0. The van der Waals surface area contributed by atoms with Crippen LogP contribution in [0.4, 0.5) is 0 Å². The van der Waals surface area contributed by atoms with Crippen LogP contribution in [0.25, 0.3) is 0 Å². The summed E-state index contributed by atoms with van der Waals surface area (Å²) >= 11 is 0. The second-order valence-corrected chi connectivity index (χ2v) is 2.92. The van der Waals surface area contributed by atoms with Gasteiger partial charge in [0, 0.05) is 0 Å². The summed E-state index contributed by atoms with van der Waals surface area (Å²) in [6.07, 6.45) is 1.35. The lowest BCUT2D eigenvalue weighted by molar-refractivity contribution is 1.05. The lowest BCUT2D eigenvalue weighted by Gasteiger charge is -2.02. The molecule has 0 aromatic heterocycles. The van der Waals surface area contributed by atoms with Crippen molar-refractivity contribution in [3.63, 3.8) is 0 Å². The number of benzene rings is 1. The van der Waals surface area contributed by atoms with Crippen molar-refractivity contribution in [1.29, 1.82) is 0 Å². The van der Waals surface area contributed by atoms with E-state index in [1.54, 1.807) is 0 Å². The summed E-state index contributed by atoms with van der Waals surface area (Å²) in [5.41, 5.74) is 8.96. The van der Waals surface area contributed by atoms with Crippen molar-refractivity contribution in [3.05, 3.63) is 34.9 Å². The summed E-state index contributed by atoms with van der Waals surface area (Å²) in [6, 6.07) is 6.35. The Morgan fingerprint density at radius 3 is 2.83 bits per heavy atom. The van der Waals surface area contributed by atoms with Crippen LogP contribution >= 0.6 is 0 Å². The van der Waals surface area contributed by atoms with Crippen LogP contribution in [-0.2, 0) is 6.54 Å². The first-order chi connectivity index (χ1) is 5.74. The Balaban J connectivity index is 2.89. The Hall–Kier alpha value is -1.31. The predicted octanol–water partition coefficient (Wildman–Crippen LogP) is 1.79. The number of hydrogen-bond donors (Lipinski definition) is 1. The van der Waals surface area contributed by atoms with E-state index in [-0.39, 0.29) is 0 Å². The number of rotatable bonds is 2. The predicted molar refractivity (Wildman–Crippen MR) is 52.3 cm³/mol. The third kappa shape index (κ3) is 2.09. The molecule has 0 heterocycles. The molecule has 1 rings (SSSR count). The highest BCUT2D eigenvalue weighted by atomic mass is 14.8. The zero-order valence-corrected chi connectivity index (χ0v) is 7.54. The normalized spacial score (nSPS) is 10.8. The fraction of sp³-hybridized carbons (Fsp3) is 0.300. The number of aliphatic imine (C=N–C) groups is 1. The van der Waals surface area contributed by atoms with Crippen LogP contribution in [0.3, 0.4) is 0 Å². The van der Waals surface area contributed by atoms with Crippen LogP contribution in [0.15, 0.2) is 23.2 Å². The SMILES string of the molecule is Cc1ccc(C)c(CN=CN)c1. The minimum Gasteiger partial charge on any atom is -0.390 e. The van der Waals surface area contributed by atoms with E-state index in [0.29, 0.717) is 6.54 Å². The lowest BCUT2D eigenvalue weighted by Crippen LogP contribution is -1.92. The number of hydrogen-bond acceptors (Lipinski definition) is 1. The Kier molecular flexibility index (Phi) is 2.86. The van der Waals surface area contributed by atoms with Crippen molar-refractivity contribution in [2.24, 2.45) is 10.7 Å². The maximum atomic E-state index is 5.17. The molecule has 2 N–H and O–H groups in total. The molecule has 12 heavy (non-hydrogen) atoms. The molecule has 0 aliphatic carbocycles. The van der Waals surface area contributed by atoms with Gasteiger partial charge in [-0.05, 0) is 25.0 Å². The van der Waals surface area contributed by atoms with Crippen LogP contribution < -0.4 is 5.73 Å². The van der Waals surface area contributed by atoms with Crippen LogP contribution in [0.2, 0.25) is 0 Å². The number of nitrogens with zero attached hydrogens (tertiary/aromatic N) is 1. The molecular formula is C10H14N2. The molecule has 2 heteroatoms. The van der Waals surface area contributed by atoms with Crippen molar-refractivity contribution in [3.8, 4) is 0 Å². The van der Waals surface area contributed by atoms with Crippen LogP contribution in [-0.4, -0.2) is 6.34 Å². The molecule has 1 aromatic rings. The molecule has 0 aliphatic heterocycles. The van der Waals surface area contributed by atoms with E-state index in [4.69, 9.17) is 5.73 Å². The van der Waals surface area contributed by atoms with Crippen molar-refractivity contribution < 1.29 is 0 Å². The molecule has 64 valence electrons. The zero-order valence-electron chi connectivity index (χ0n) is 7.54. The Morgan fingerprint density at radius 2 is 2.17 bits per heavy atom. The van der Waals surface area contributed by atoms with E-state index in [0.717, 1.165) is 0 Å².